The van der Waals surface area contributed by atoms with Gasteiger partial charge in [0.05, 0.1) is 18.6 Å². The second-order valence-electron chi connectivity index (χ2n) is 3.31. The van der Waals surface area contributed by atoms with Gasteiger partial charge in [0.15, 0.2) is 0 Å². The van der Waals surface area contributed by atoms with Crippen LogP contribution in [0.15, 0.2) is 23.0 Å². The maximum atomic E-state index is 9.26. The van der Waals surface area contributed by atoms with Crippen molar-refractivity contribution in [2.45, 2.75) is 19.1 Å². The highest BCUT2D eigenvalue weighted by molar-refractivity contribution is 5.05. The number of aliphatic hydroxyl groups is 1. The minimum Gasteiger partial charge on any atom is -0.472 e. The molecular formula is C9H13NO2. The van der Waals surface area contributed by atoms with Crippen molar-refractivity contribution in [3.63, 3.8) is 0 Å². The first-order valence-electron chi connectivity index (χ1n) is 4.26. The number of β-amino-alcohol motifs (C(OH)–C–C–N with tert-alkyl or cyclic N) is 1. The van der Waals surface area contributed by atoms with Crippen LogP contribution in [0.1, 0.15) is 12.0 Å². The van der Waals surface area contributed by atoms with Crippen molar-refractivity contribution in [1.29, 1.82) is 0 Å². The lowest BCUT2D eigenvalue weighted by atomic mass is 10.3. The van der Waals surface area contributed by atoms with Crippen LogP contribution in [0.4, 0.5) is 0 Å². The molecule has 3 heteroatoms. The molecule has 2 rings (SSSR count). The van der Waals surface area contributed by atoms with Crippen LogP contribution in [0, 0.1) is 0 Å². The van der Waals surface area contributed by atoms with Crippen LogP contribution in [0.5, 0.6) is 0 Å². The molecule has 1 N–H and O–H groups in total. The van der Waals surface area contributed by atoms with E-state index in [-0.39, 0.29) is 6.10 Å². The highest BCUT2D eigenvalue weighted by atomic mass is 16.3. The van der Waals surface area contributed by atoms with Crippen LogP contribution in [0.25, 0.3) is 0 Å². The molecule has 1 fully saturated rings. The van der Waals surface area contributed by atoms with Crippen LogP contribution >= 0.6 is 0 Å². The van der Waals surface area contributed by atoms with E-state index >= 15 is 0 Å². The third-order valence-corrected chi connectivity index (χ3v) is 2.23. The maximum Gasteiger partial charge on any atom is 0.0947 e. The van der Waals surface area contributed by atoms with Gasteiger partial charge in [-0.05, 0) is 12.5 Å². The molecule has 12 heavy (non-hydrogen) atoms. The summed E-state index contributed by atoms with van der Waals surface area (Å²) in [6.07, 6.45) is 4.21. The summed E-state index contributed by atoms with van der Waals surface area (Å²) in [5, 5.41) is 9.26. The monoisotopic (exact) mass is 167 g/mol. The van der Waals surface area contributed by atoms with Gasteiger partial charge in [0.1, 0.15) is 0 Å². The Kier molecular flexibility index (Phi) is 2.15. The molecule has 1 aliphatic rings. The molecule has 2 heterocycles. The number of aliphatic hydroxyl groups excluding tert-OH is 1. The smallest absolute Gasteiger partial charge is 0.0947 e. The van der Waals surface area contributed by atoms with Crippen molar-refractivity contribution < 1.29 is 9.52 Å². The summed E-state index contributed by atoms with van der Waals surface area (Å²) in [5.74, 6) is 0. The minimum absolute atomic E-state index is 0.128. The normalized spacial score (nSPS) is 24.9. The number of hydrogen-bond acceptors (Lipinski definition) is 3. The molecule has 1 aromatic heterocycles. The van der Waals surface area contributed by atoms with Gasteiger partial charge in [0, 0.05) is 25.2 Å². The van der Waals surface area contributed by atoms with E-state index < -0.39 is 0 Å². The Labute approximate surface area is 71.6 Å². The third kappa shape index (κ3) is 1.68. The van der Waals surface area contributed by atoms with E-state index in [0.717, 1.165) is 26.1 Å². The van der Waals surface area contributed by atoms with E-state index in [1.807, 2.05) is 6.07 Å². The first-order valence-corrected chi connectivity index (χ1v) is 4.26. The van der Waals surface area contributed by atoms with E-state index in [4.69, 9.17) is 4.42 Å². The molecule has 0 saturated carbocycles. The Bertz CT molecular complexity index is 233. The van der Waals surface area contributed by atoms with Gasteiger partial charge in [0.2, 0.25) is 0 Å². The Morgan fingerprint density at radius 3 is 3.17 bits per heavy atom. The molecule has 0 aromatic carbocycles. The fourth-order valence-corrected chi connectivity index (χ4v) is 1.60. The molecule has 0 bridgehead atoms. The molecule has 1 aliphatic heterocycles. The first-order chi connectivity index (χ1) is 5.84. The van der Waals surface area contributed by atoms with E-state index in [9.17, 15) is 5.11 Å². The summed E-state index contributed by atoms with van der Waals surface area (Å²) in [5.41, 5.74) is 1.18. The highest BCUT2D eigenvalue weighted by Crippen LogP contribution is 2.13. The second-order valence-corrected chi connectivity index (χ2v) is 3.31. The molecule has 0 aliphatic carbocycles. The number of rotatable bonds is 2. The lowest BCUT2D eigenvalue weighted by Crippen LogP contribution is -2.21. The predicted molar refractivity (Wildman–Crippen MR) is 44.6 cm³/mol. The molecule has 1 saturated heterocycles. The average Bonchev–Trinajstić information content (AvgIpc) is 2.63. The quantitative estimate of drug-likeness (QED) is 0.709. The fourth-order valence-electron chi connectivity index (χ4n) is 1.60. The first kappa shape index (κ1) is 7.83. The van der Waals surface area contributed by atoms with Crippen molar-refractivity contribution in [2.24, 2.45) is 0 Å². The van der Waals surface area contributed by atoms with E-state index in [0.29, 0.717) is 0 Å². The van der Waals surface area contributed by atoms with Crippen molar-refractivity contribution >= 4 is 0 Å². The van der Waals surface area contributed by atoms with Crippen molar-refractivity contribution in [2.75, 3.05) is 13.1 Å². The molecule has 3 nitrogen and oxygen atoms in total. The number of furan rings is 1. The van der Waals surface area contributed by atoms with Gasteiger partial charge in [-0.1, -0.05) is 0 Å². The summed E-state index contributed by atoms with van der Waals surface area (Å²) >= 11 is 0. The zero-order chi connectivity index (χ0) is 8.39. The Morgan fingerprint density at radius 2 is 2.58 bits per heavy atom. The van der Waals surface area contributed by atoms with Gasteiger partial charge in [-0.25, -0.2) is 0 Å². The lowest BCUT2D eigenvalue weighted by molar-refractivity contribution is 0.174. The van der Waals surface area contributed by atoms with Crippen LogP contribution in [-0.4, -0.2) is 29.2 Å². The molecule has 0 radical (unpaired) electrons. The van der Waals surface area contributed by atoms with E-state index in [1.165, 1.54) is 5.56 Å². The van der Waals surface area contributed by atoms with Crippen molar-refractivity contribution in [1.82, 2.24) is 4.90 Å². The zero-order valence-electron chi connectivity index (χ0n) is 6.94. The number of nitrogens with zero attached hydrogens (tertiary/aromatic N) is 1. The third-order valence-electron chi connectivity index (χ3n) is 2.23. The Morgan fingerprint density at radius 1 is 1.67 bits per heavy atom. The van der Waals surface area contributed by atoms with Gasteiger partial charge >= 0.3 is 0 Å². The predicted octanol–water partition coefficient (Wildman–Crippen LogP) is 0.846. The SMILES string of the molecule is OC1CCN(Cc2ccoc2)C1. The number of hydrogen-bond donors (Lipinski definition) is 1. The van der Waals surface area contributed by atoms with Gasteiger partial charge in [0.25, 0.3) is 0 Å². The standard InChI is InChI=1S/C9H13NO2/c11-9-1-3-10(6-9)5-8-2-4-12-7-8/h2,4,7,9,11H,1,3,5-6H2. The van der Waals surface area contributed by atoms with Crippen LogP contribution in [0.2, 0.25) is 0 Å². The Hall–Kier alpha value is -0.800. The van der Waals surface area contributed by atoms with E-state index in [2.05, 4.69) is 4.90 Å². The summed E-state index contributed by atoms with van der Waals surface area (Å²) < 4.78 is 4.96. The summed E-state index contributed by atoms with van der Waals surface area (Å²) in [7, 11) is 0. The van der Waals surface area contributed by atoms with Crippen molar-refractivity contribution in [3.8, 4) is 0 Å². The van der Waals surface area contributed by atoms with Gasteiger partial charge in [-0.2, -0.15) is 0 Å². The topological polar surface area (TPSA) is 36.6 Å². The summed E-state index contributed by atoms with van der Waals surface area (Å²) in [6.45, 7) is 2.69. The van der Waals surface area contributed by atoms with Gasteiger partial charge in [-0.3, -0.25) is 4.90 Å². The molecule has 0 spiro atoms. The van der Waals surface area contributed by atoms with Crippen LogP contribution in [-0.2, 0) is 6.54 Å². The molecule has 1 unspecified atom stereocenters. The number of likely N-dealkylation sites (tertiary alicyclic amines) is 1. The Balaban J connectivity index is 1.88. The molecule has 1 atom stereocenters. The maximum absolute atomic E-state index is 9.26. The summed E-state index contributed by atoms with van der Waals surface area (Å²) in [4.78, 5) is 2.23. The average molecular weight is 167 g/mol. The minimum atomic E-state index is -0.128. The van der Waals surface area contributed by atoms with Gasteiger partial charge in [-0.15, -0.1) is 0 Å². The van der Waals surface area contributed by atoms with Crippen LogP contribution < -0.4 is 0 Å². The van der Waals surface area contributed by atoms with Crippen LogP contribution in [0.3, 0.4) is 0 Å². The highest BCUT2D eigenvalue weighted by Gasteiger charge is 2.19. The molecule has 66 valence electrons. The zero-order valence-corrected chi connectivity index (χ0v) is 6.94. The van der Waals surface area contributed by atoms with Crippen molar-refractivity contribution in [3.05, 3.63) is 24.2 Å². The lowest BCUT2D eigenvalue weighted by Gasteiger charge is -2.12. The van der Waals surface area contributed by atoms with Gasteiger partial charge < -0.3 is 9.52 Å². The second kappa shape index (κ2) is 3.29. The van der Waals surface area contributed by atoms with E-state index in [1.54, 1.807) is 12.5 Å². The molecular weight excluding hydrogens is 154 g/mol. The fraction of sp³-hybridized carbons (Fsp3) is 0.556. The summed E-state index contributed by atoms with van der Waals surface area (Å²) in [6, 6.07) is 1.96. The molecule has 0 amide bonds. The molecule has 1 aromatic rings. The largest absolute Gasteiger partial charge is 0.472 e.